The highest BCUT2D eigenvalue weighted by Crippen LogP contribution is 2.08. The van der Waals surface area contributed by atoms with Crippen LogP contribution in [-0.2, 0) is 10.8 Å². The van der Waals surface area contributed by atoms with Gasteiger partial charge < -0.3 is 10.4 Å². The maximum absolute atomic E-state index is 11.0. The van der Waals surface area contributed by atoms with Gasteiger partial charge in [-0.1, -0.05) is 0 Å². The number of anilines is 1. The number of pyridine rings is 1. The summed E-state index contributed by atoms with van der Waals surface area (Å²) in [5.74, 6) is -0.00562. The number of aromatic nitrogens is 1. The lowest BCUT2D eigenvalue weighted by molar-refractivity contribution is 0.0697. The van der Waals surface area contributed by atoms with Gasteiger partial charge in [0.2, 0.25) is 0 Å². The van der Waals surface area contributed by atoms with E-state index < -0.39 is 16.8 Å². The molecule has 0 spiro atoms. The van der Waals surface area contributed by atoms with Crippen LogP contribution in [-0.4, -0.2) is 38.3 Å². The van der Waals surface area contributed by atoms with E-state index in [4.69, 9.17) is 5.11 Å². The van der Waals surface area contributed by atoms with E-state index in [1.807, 2.05) is 6.92 Å². The molecular formula is C10H14N2O3S. The number of nitrogens with zero attached hydrogens (tertiary/aromatic N) is 1. The first-order valence-corrected chi connectivity index (χ1v) is 6.47. The van der Waals surface area contributed by atoms with E-state index in [1.165, 1.54) is 18.3 Å². The summed E-state index contributed by atoms with van der Waals surface area (Å²) >= 11 is 0. The average Bonchev–Trinajstić information content (AvgIpc) is 2.16. The Morgan fingerprint density at radius 1 is 1.69 bits per heavy atom. The first-order valence-electron chi connectivity index (χ1n) is 4.75. The Morgan fingerprint density at radius 2 is 2.38 bits per heavy atom. The molecule has 6 heteroatoms. The molecule has 0 amide bonds. The second-order valence-corrected chi connectivity index (χ2v) is 5.00. The van der Waals surface area contributed by atoms with Gasteiger partial charge in [0.1, 0.15) is 5.82 Å². The van der Waals surface area contributed by atoms with Crippen molar-refractivity contribution >= 4 is 22.6 Å². The molecule has 5 nitrogen and oxygen atoms in total. The summed E-state index contributed by atoms with van der Waals surface area (Å²) in [7, 11) is -0.890. The van der Waals surface area contributed by atoms with Crippen molar-refractivity contribution in [2.75, 3.05) is 17.3 Å². The van der Waals surface area contributed by atoms with Crippen molar-refractivity contribution in [2.24, 2.45) is 0 Å². The Morgan fingerprint density at radius 3 is 2.94 bits per heavy atom. The van der Waals surface area contributed by atoms with E-state index in [-0.39, 0.29) is 11.6 Å². The first-order chi connectivity index (χ1) is 7.49. The minimum absolute atomic E-state index is 0.0117. The fraction of sp³-hybridized carbons (Fsp3) is 0.400. The van der Waals surface area contributed by atoms with Crippen molar-refractivity contribution in [3.63, 3.8) is 0 Å². The molecule has 0 aliphatic carbocycles. The van der Waals surface area contributed by atoms with Gasteiger partial charge in [-0.25, -0.2) is 9.78 Å². The smallest absolute Gasteiger partial charge is 0.335 e. The van der Waals surface area contributed by atoms with Crippen molar-refractivity contribution in [1.82, 2.24) is 4.98 Å². The standard InChI is InChI=1S/C10H14N2O3S/c1-7(6-16(2)15)12-9-5-8(10(13)14)3-4-11-9/h3-5,7H,6H2,1-2H3,(H,11,12)(H,13,14). The lowest BCUT2D eigenvalue weighted by Gasteiger charge is -2.12. The van der Waals surface area contributed by atoms with Gasteiger partial charge in [0, 0.05) is 35.0 Å². The third-order valence-electron chi connectivity index (χ3n) is 1.89. The number of carboxylic acids is 1. The van der Waals surface area contributed by atoms with E-state index >= 15 is 0 Å². The van der Waals surface area contributed by atoms with E-state index in [0.29, 0.717) is 11.6 Å². The van der Waals surface area contributed by atoms with E-state index in [0.717, 1.165) is 0 Å². The van der Waals surface area contributed by atoms with Gasteiger partial charge in [0.15, 0.2) is 0 Å². The molecule has 1 aromatic heterocycles. The van der Waals surface area contributed by atoms with Crippen LogP contribution in [0.2, 0.25) is 0 Å². The largest absolute Gasteiger partial charge is 0.478 e. The molecule has 0 saturated heterocycles. The number of carboxylic acid groups (broad SMARTS) is 1. The maximum Gasteiger partial charge on any atom is 0.335 e. The summed E-state index contributed by atoms with van der Waals surface area (Å²) < 4.78 is 11.0. The van der Waals surface area contributed by atoms with Gasteiger partial charge in [0.25, 0.3) is 0 Å². The molecule has 0 aromatic carbocycles. The summed E-state index contributed by atoms with van der Waals surface area (Å²) in [4.78, 5) is 14.7. The van der Waals surface area contributed by atoms with Crippen LogP contribution in [0.25, 0.3) is 0 Å². The van der Waals surface area contributed by atoms with Crippen LogP contribution in [0.15, 0.2) is 18.3 Å². The molecule has 0 saturated carbocycles. The third kappa shape index (κ3) is 3.98. The Labute approximate surface area is 96.4 Å². The number of rotatable bonds is 5. The van der Waals surface area contributed by atoms with Crippen LogP contribution in [0, 0.1) is 0 Å². The number of hydrogen-bond acceptors (Lipinski definition) is 4. The molecular weight excluding hydrogens is 228 g/mol. The van der Waals surface area contributed by atoms with Crippen LogP contribution in [0.4, 0.5) is 5.82 Å². The van der Waals surface area contributed by atoms with Gasteiger partial charge >= 0.3 is 5.97 Å². The zero-order chi connectivity index (χ0) is 12.1. The maximum atomic E-state index is 11.0. The summed E-state index contributed by atoms with van der Waals surface area (Å²) in [6.07, 6.45) is 3.06. The molecule has 16 heavy (non-hydrogen) atoms. The molecule has 2 N–H and O–H groups in total. The summed E-state index contributed by atoms with van der Waals surface area (Å²) in [6, 6.07) is 2.87. The summed E-state index contributed by atoms with van der Waals surface area (Å²) in [5.41, 5.74) is 0.183. The molecule has 0 bridgehead atoms. The Bertz CT molecular complexity index is 409. The molecule has 88 valence electrons. The van der Waals surface area contributed by atoms with Crippen LogP contribution in [0.5, 0.6) is 0 Å². The van der Waals surface area contributed by atoms with Gasteiger partial charge in [-0.3, -0.25) is 4.21 Å². The molecule has 1 aromatic rings. The molecule has 1 heterocycles. The topological polar surface area (TPSA) is 79.3 Å². The molecule has 0 radical (unpaired) electrons. The SMILES string of the molecule is CC(CS(C)=O)Nc1cc(C(=O)O)ccn1. The van der Waals surface area contributed by atoms with E-state index in [9.17, 15) is 9.00 Å². The molecule has 2 unspecified atom stereocenters. The van der Waals surface area contributed by atoms with Crippen LogP contribution < -0.4 is 5.32 Å². The van der Waals surface area contributed by atoms with Gasteiger partial charge in [-0.15, -0.1) is 0 Å². The quantitative estimate of drug-likeness (QED) is 0.804. The van der Waals surface area contributed by atoms with Crippen LogP contribution in [0.1, 0.15) is 17.3 Å². The number of carbonyl (C=O) groups is 1. The highest BCUT2D eigenvalue weighted by molar-refractivity contribution is 7.84. The average molecular weight is 242 g/mol. The second kappa shape index (κ2) is 5.60. The predicted octanol–water partition coefficient (Wildman–Crippen LogP) is 0.959. The number of hydrogen-bond donors (Lipinski definition) is 2. The summed E-state index contributed by atoms with van der Waals surface area (Å²) in [6.45, 7) is 1.87. The van der Waals surface area contributed by atoms with Gasteiger partial charge in [-0.2, -0.15) is 0 Å². The highest BCUT2D eigenvalue weighted by atomic mass is 32.2. The normalized spacial score (nSPS) is 14.1. The molecule has 0 aliphatic heterocycles. The zero-order valence-corrected chi connectivity index (χ0v) is 9.95. The molecule has 1 rings (SSSR count). The minimum atomic E-state index is -0.989. The Kier molecular flexibility index (Phi) is 4.42. The van der Waals surface area contributed by atoms with Crippen LogP contribution >= 0.6 is 0 Å². The third-order valence-corrected chi connectivity index (χ3v) is 2.86. The van der Waals surface area contributed by atoms with Crippen molar-refractivity contribution in [2.45, 2.75) is 13.0 Å². The van der Waals surface area contributed by atoms with Crippen molar-refractivity contribution in [3.05, 3.63) is 23.9 Å². The van der Waals surface area contributed by atoms with Crippen molar-refractivity contribution in [1.29, 1.82) is 0 Å². The lowest BCUT2D eigenvalue weighted by Crippen LogP contribution is -2.22. The Hall–Kier alpha value is -1.43. The Balaban J connectivity index is 2.70. The van der Waals surface area contributed by atoms with Gasteiger partial charge in [-0.05, 0) is 19.1 Å². The first kappa shape index (κ1) is 12.6. The van der Waals surface area contributed by atoms with E-state index in [2.05, 4.69) is 10.3 Å². The predicted molar refractivity (Wildman–Crippen MR) is 63.2 cm³/mol. The number of aromatic carboxylic acids is 1. The second-order valence-electron chi connectivity index (χ2n) is 3.52. The van der Waals surface area contributed by atoms with Crippen molar-refractivity contribution < 1.29 is 14.1 Å². The van der Waals surface area contributed by atoms with Crippen molar-refractivity contribution in [3.8, 4) is 0 Å². The fourth-order valence-electron chi connectivity index (χ4n) is 1.29. The lowest BCUT2D eigenvalue weighted by atomic mass is 10.2. The molecule has 0 aliphatic rings. The minimum Gasteiger partial charge on any atom is -0.478 e. The molecule has 0 fully saturated rings. The highest BCUT2D eigenvalue weighted by Gasteiger charge is 2.07. The number of nitrogens with one attached hydrogen (secondary N) is 1. The molecule has 2 atom stereocenters. The van der Waals surface area contributed by atoms with Crippen LogP contribution in [0.3, 0.4) is 0 Å². The van der Waals surface area contributed by atoms with Gasteiger partial charge in [0.05, 0.1) is 5.56 Å². The zero-order valence-electron chi connectivity index (χ0n) is 9.14. The fourth-order valence-corrected chi connectivity index (χ4v) is 2.08. The van der Waals surface area contributed by atoms with E-state index in [1.54, 1.807) is 6.26 Å². The summed E-state index contributed by atoms with van der Waals surface area (Å²) in [5, 5.41) is 11.8. The monoisotopic (exact) mass is 242 g/mol.